The van der Waals surface area contributed by atoms with Gasteiger partial charge in [-0.25, -0.2) is 14.8 Å². The number of oxazole rings is 2. The van der Waals surface area contributed by atoms with Gasteiger partial charge in [-0.3, -0.25) is 0 Å². The van der Waals surface area contributed by atoms with E-state index in [0.717, 1.165) is 0 Å². The van der Waals surface area contributed by atoms with Crippen molar-refractivity contribution in [3.63, 3.8) is 0 Å². The van der Waals surface area contributed by atoms with Crippen molar-refractivity contribution < 1.29 is 32.6 Å². The minimum Gasteiger partial charge on any atom is -0.457 e. The number of rotatable bonds is 7. The van der Waals surface area contributed by atoms with Crippen LogP contribution in [-0.4, -0.2) is 35.1 Å². The summed E-state index contributed by atoms with van der Waals surface area (Å²) in [7, 11) is -2.07. The lowest BCUT2D eigenvalue weighted by atomic mass is 9.80. The summed E-state index contributed by atoms with van der Waals surface area (Å²) in [6.45, 7) is 22.4. The van der Waals surface area contributed by atoms with Crippen LogP contribution in [0.3, 0.4) is 0 Å². The quantitative estimate of drug-likeness (QED) is 0.187. The molecule has 0 saturated carbocycles. The van der Waals surface area contributed by atoms with Crippen LogP contribution in [0, 0.1) is 5.41 Å². The normalized spacial score (nSPS) is 15.3. The van der Waals surface area contributed by atoms with Gasteiger partial charge < -0.3 is 33.2 Å². The monoisotopic (exact) mass is 661 g/mol. The Morgan fingerprint density at radius 1 is 0.936 bits per heavy atom. The van der Waals surface area contributed by atoms with Gasteiger partial charge >= 0.3 is 6.09 Å². The van der Waals surface area contributed by atoms with E-state index in [1.165, 1.54) is 6.26 Å². The number of alkyl carbamates (subject to hydrolysis) is 1. The first-order valence-electron chi connectivity index (χ1n) is 15.9. The molecule has 11 heteroatoms. The van der Waals surface area contributed by atoms with E-state index in [9.17, 15) is 9.90 Å². The largest absolute Gasteiger partial charge is 0.457 e. The summed E-state index contributed by atoms with van der Waals surface area (Å²) in [6.07, 6.45) is 0.914. The molecule has 3 heterocycles. The van der Waals surface area contributed by atoms with Crippen molar-refractivity contribution in [2.75, 3.05) is 0 Å². The minimum atomic E-state index is -2.07. The topological polar surface area (TPSA) is 129 Å². The fraction of sp³-hybridized carbons (Fsp3) is 0.472. The van der Waals surface area contributed by atoms with Gasteiger partial charge in [0.05, 0.1) is 6.61 Å². The molecule has 252 valence electrons. The molecule has 2 N–H and O–H groups in total. The summed E-state index contributed by atoms with van der Waals surface area (Å²) >= 11 is 0. The minimum absolute atomic E-state index is 0.0178. The highest BCUT2D eigenvalue weighted by Crippen LogP contribution is 2.52. The van der Waals surface area contributed by atoms with E-state index >= 15 is 0 Å². The molecule has 47 heavy (non-hydrogen) atoms. The summed E-state index contributed by atoms with van der Waals surface area (Å²) in [4.78, 5) is 22.7. The number of benzene rings is 2. The molecule has 1 aliphatic rings. The summed E-state index contributed by atoms with van der Waals surface area (Å²) in [6, 6.07) is 13.7. The molecule has 0 aliphatic carbocycles. The SMILES string of the molecule is CC(C)(C)OC(=O)N[C@H](c1nc(-c2nc(CO[Si](C)(C)C(C)(C)C)co2)c(C2(O)c3ccccc3Oc3ccccc32)o1)C(C)(C)C. The highest BCUT2D eigenvalue weighted by molar-refractivity contribution is 6.74. The number of aromatic nitrogens is 2. The third-order valence-corrected chi connectivity index (χ3v) is 13.1. The fourth-order valence-electron chi connectivity index (χ4n) is 5.09. The average Bonchev–Trinajstić information content (AvgIpc) is 3.61. The molecule has 0 radical (unpaired) electrons. The van der Waals surface area contributed by atoms with Crippen molar-refractivity contribution in [3.8, 4) is 23.1 Å². The third kappa shape index (κ3) is 6.88. The molecule has 0 fully saturated rings. The van der Waals surface area contributed by atoms with Crippen molar-refractivity contribution in [2.45, 2.75) is 104 Å². The zero-order valence-corrected chi connectivity index (χ0v) is 30.3. The maximum Gasteiger partial charge on any atom is 0.408 e. The summed E-state index contributed by atoms with van der Waals surface area (Å²) in [5.74, 6) is 1.30. The Labute approximate surface area is 278 Å². The van der Waals surface area contributed by atoms with Gasteiger partial charge in [-0.05, 0) is 56.5 Å². The van der Waals surface area contributed by atoms with Gasteiger partial charge in [0.15, 0.2) is 25.4 Å². The van der Waals surface area contributed by atoms with Crippen LogP contribution in [0.25, 0.3) is 11.6 Å². The van der Waals surface area contributed by atoms with Crippen molar-refractivity contribution >= 4 is 14.4 Å². The summed E-state index contributed by atoms with van der Waals surface area (Å²) in [5, 5.41) is 15.9. The van der Waals surface area contributed by atoms with Crippen molar-refractivity contribution in [1.82, 2.24) is 15.3 Å². The van der Waals surface area contributed by atoms with Crippen molar-refractivity contribution in [1.29, 1.82) is 0 Å². The lowest BCUT2D eigenvalue weighted by Gasteiger charge is -2.35. The number of nitrogens with one attached hydrogen (secondary N) is 1. The standard InChI is InChI=1S/C36H47N3O7Si/c1-33(2,3)28(39-32(40)46-34(4,5)6)31-38-27(30-37-22(20-42-30)21-43-47(10,11)35(7,8)9)29(45-31)36(41)23-16-12-14-18-25(23)44-26-19-15-13-17-24(26)36/h12-20,28,41H,21H2,1-11H3,(H,39,40)/t28-/m1/s1. The van der Waals surface area contributed by atoms with Crippen LogP contribution in [0.4, 0.5) is 4.79 Å². The Hall–Kier alpha value is -3.93. The molecule has 0 unspecified atom stereocenters. The van der Waals surface area contributed by atoms with Crippen LogP contribution in [0.15, 0.2) is 63.6 Å². The van der Waals surface area contributed by atoms with Gasteiger partial charge in [0, 0.05) is 11.1 Å². The van der Waals surface area contributed by atoms with E-state index in [4.69, 9.17) is 32.7 Å². The number of hydrogen-bond donors (Lipinski definition) is 2. The summed E-state index contributed by atoms with van der Waals surface area (Å²) in [5.41, 5.74) is -1.46. The van der Waals surface area contributed by atoms with E-state index in [1.807, 2.05) is 45.0 Å². The number of carbonyl (C=O) groups excluding carboxylic acids is 1. The molecule has 1 amide bonds. The second-order valence-electron chi connectivity index (χ2n) is 15.7. The first kappa shape index (κ1) is 34.4. The smallest absolute Gasteiger partial charge is 0.408 e. The second-order valence-corrected chi connectivity index (χ2v) is 20.5. The Morgan fingerprint density at radius 3 is 2.04 bits per heavy atom. The van der Waals surface area contributed by atoms with Crippen LogP contribution in [-0.2, 0) is 21.4 Å². The molecule has 0 saturated heterocycles. The molecule has 4 aromatic rings. The number of amides is 1. The predicted octanol–water partition coefficient (Wildman–Crippen LogP) is 8.85. The van der Waals surface area contributed by atoms with E-state index in [1.54, 1.807) is 45.0 Å². The number of hydrogen-bond acceptors (Lipinski definition) is 9. The highest BCUT2D eigenvalue weighted by atomic mass is 28.4. The number of fused-ring (bicyclic) bond motifs is 2. The second kappa shape index (κ2) is 11.9. The van der Waals surface area contributed by atoms with E-state index in [-0.39, 0.29) is 34.9 Å². The molecule has 1 aliphatic heterocycles. The zero-order valence-electron chi connectivity index (χ0n) is 29.3. The van der Waals surface area contributed by atoms with Gasteiger partial charge in [0.2, 0.25) is 11.8 Å². The third-order valence-electron chi connectivity index (χ3n) is 8.66. The highest BCUT2D eigenvalue weighted by Gasteiger charge is 2.49. The maximum absolute atomic E-state index is 13.1. The zero-order chi connectivity index (χ0) is 34.6. The van der Waals surface area contributed by atoms with Crippen molar-refractivity contribution in [3.05, 3.63) is 83.3 Å². The first-order chi connectivity index (χ1) is 21.7. The van der Waals surface area contributed by atoms with Crippen LogP contribution in [0.2, 0.25) is 18.1 Å². The molecule has 2 aromatic heterocycles. The molecule has 0 bridgehead atoms. The number of para-hydroxylation sites is 2. The Balaban J connectivity index is 1.68. The molecular formula is C36H47N3O7Si. The molecule has 10 nitrogen and oxygen atoms in total. The van der Waals surface area contributed by atoms with Gasteiger partial charge in [0.25, 0.3) is 0 Å². The van der Waals surface area contributed by atoms with Gasteiger partial charge in [-0.15, -0.1) is 0 Å². The van der Waals surface area contributed by atoms with Crippen LogP contribution in [0.1, 0.15) is 96.8 Å². The number of nitrogens with zero attached hydrogens (tertiary/aromatic N) is 2. The predicted molar refractivity (Wildman–Crippen MR) is 181 cm³/mol. The van der Waals surface area contributed by atoms with Crippen molar-refractivity contribution in [2.24, 2.45) is 5.41 Å². The number of ether oxygens (including phenoxy) is 2. The molecule has 1 atom stereocenters. The Kier molecular flexibility index (Phi) is 8.74. The fourth-order valence-corrected chi connectivity index (χ4v) is 6.04. The number of aliphatic hydroxyl groups is 1. The lowest BCUT2D eigenvalue weighted by Crippen LogP contribution is -2.40. The molecule has 0 spiro atoms. The van der Waals surface area contributed by atoms with E-state index in [2.05, 4.69) is 39.2 Å². The van der Waals surface area contributed by atoms with Gasteiger partial charge in [-0.2, -0.15) is 0 Å². The molecule has 2 aromatic carbocycles. The maximum atomic E-state index is 13.1. The van der Waals surface area contributed by atoms with Crippen LogP contribution >= 0.6 is 0 Å². The molecule has 5 rings (SSSR count). The summed E-state index contributed by atoms with van der Waals surface area (Å²) < 4.78 is 30.8. The van der Waals surface area contributed by atoms with Gasteiger partial charge in [0.1, 0.15) is 35.1 Å². The Morgan fingerprint density at radius 2 is 1.51 bits per heavy atom. The Bertz CT molecular complexity index is 1710. The lowest BCUT2D eigenvalue weighted by molar-refractivity contribution is 0.0438. The average molecular weight is 662 g/mol. The van der Waals surface area contributed by atoms with E-state index < -0.39 is 37.1 Å². The number of carbonyl (C=O) groups is 1. The van der Waals surface area contributed by atoms with Gasteiger partial charge in [-0.1, -0.05) is 77.9 Å². The van der Waals surface area contributed by atoms with Crippen LogP contribution in [0.5, 0.6) is 11.5 Å². The van der Waals surface area contributed by atoms with E-state index in [0.29, 0.717) is 28.3 Å². The first-order valence-corrected chi connectivity index (χ1v) is 18.8. The van der Waals surface area contributed by atoms with Crippen LogP contribution < -0.4 is 10.1 Å². The molecular weight excluding hydrogens is 614 g/mol.